The second kappa shape index (κ2) is 7.37. The fourth-order valence-electron chi connectivity index (χ4n) is 1.92. The molecular weight excluding hydrogens is 511 g/mol. The van der Waals surface area contributed by atoms with Gasteiger partial charge in [-0.3, -0.25) is 0 Å². The maximum Gasteiger partial charge on any atom is 0.338 e. The summed E-state index contributed by atoms with van der Waals surface area (Å²) in [5.74, 6) is -0.981. The van der Waals surface area contributed by atoms with Gasteiger partial charge in [0.2, 0.25) is 0 Å². The molecule has 2 rings (SSSR count). The first-order chi connectivity index (χ1) is 10.5. The van der Waals surface area contributed by atoms with Crippen molar-refractivity contribution < 1.29 is 13.9 Å². The Morgan fingerprint density at radius 3 is 2.59 bits per heavy atom. The number of halogens is 3. The Bertz CT molecular complexity index is 761. The molecule has 0 aromatic heterocycles. The van der Waals surface area contributed by atoms with E-state index in [1.165, 1.54) is 6.07 Å². The monoisotopic (exact) mass is 521 g/mol. The van der Waals surface area contributed by atoms with Crippen LogP contribution in [0.2, 0.25) is 0 Å². The zero-order valence-corrected chi connectivity index (χ0v) is 15.8. The highest BCUT2D eigenvalue weighted by Gasteiger charge is 2.14. The van der Waals surface area contributed by atoms with Crippen LogP contribution < -0.4 is 0 Å². The van der Waals surface area contributed by atoms with Crippen LogP contribution in [-0.2, 0) is 4.74 Å². The first-order valence-corrected chi connectivity index (χ1v) is 8.49. The minimum Gasteiger partial charge on any atom is -0.462 e. The molecule has 2 aromatic carbocycles. The van der Waals surface area contributed by atoms with Crippen molar-refractivity contribution in [3.8, 4) is 17.2 Å². The molecule has 0 atom stereocenters. The standard InChI is InChI=1S/C16H10FI2NO2/c1-2-22-16(21)9-3-4-14(18)11(5-9)10-6-13(17)12(8-20)15(19)7-10/h3-7H,2H2,1H3. The Kier molecular flexibility index (Phi) is 5.74. The van der Waals surface area contributed by atoms with Crippen LogP contribution in [0.25, 0.3) is 11.1 Å². The summed E-state index contributed by atoms with van der Waals surface area (Å²) < 4.78 is 20.4. The van der Waals surface area contributed by atoms with E-state index in [0.717, 1.165) is 9.13 Å². The van der Waals surface area contributed by atoms with E-state index in [4.69, 9.17) is 10.00 Å². The number of carbonyl (C=O) groups is 1. The third-order valence-corrected chi connectivity index (χ3v) is 4.73. The van der Waals surface area contributed by atoms with E-state index in [-0.39, 0.29) is 5.56 Å². The van der Waals surface area contributed by atoms with Crippen LogP contribution in [0.1, 0.15) is 22.8 Å². The molecule has 6 heteroatoms. The van der Waals surface area contributed by atoms with Gasteiger partial charge in [0.05, 0.1) is 12.2 Å². The number of benzene rings is 2. The van der Waals surface area contributed by atoms with E-state index in [1.54, 1.807) is 31.2 Å². The summed E-state index contributed by atoms with van der Waals surface area (Å²) in [6, 6.07) is 10.0. The summed E-state index contributed by atoms with van der Waals surface area (Å²) in [6.45, 7) is 2.04. The number of esters is 1. The van der Waals surface area contributed by atoms with Crippen molar-refractivity contribution in [2.24, 2.45) is 0 Å². The van der Waals surface area contributed by atoms with Crippen molar-refractivity contribution >= 4 is 51.2 Å². The maximum atomic E-state index is 14.0. The van der Waals surface area contributed by atoms with Crippen molar-refractivity contribution in [1.29, 1.82) is 5.26 Å². The van der Waals surface area contributed by atoms with Crippen LogP contribution in [-0.4, -0.2) is 12.6 Å². The Labute approximate surface area is 154 Å². The number of nitrogens with zero attached hydrogens (tertiary/aromatic N) is 1. The molecule has 22 heavy (non-hydrogen) atoms. The van der Waals surface area contributed by atoms with E-state index < -0.39 is 11.8 Å². The molecule has 0 aliphatic carbocycles. The molecule has 0 aliphatic rings. The molecule has 0 radical (unpaired) electrons. The molecule has 0 saturated carbocycles. The van der Waals surface area contributed by atoms with Gasteiger partial charge in [0, 0.05) is 7.14 Å². The van der Waals surface area contributed by atoms with Crippen molar-refractivity contribution in [2.45, 2.75) is 6.92 Å². The van der Waals surface area contributed by atoms with Crippen LogP contribution in [0.4, 0.5) is 4.39 Å². The third-order valence-electron chi connectivity index (χ3n) is 2.94. The lowest BCUT2D eigenvalue weighted by atomic mass is 10.0. The van der Waals surface area contributed by atoms with E-state index in [2.05, 4.69) is 22.6 Å². The molecule has 0 unspecified atom stereocenters. The SMILES string of the molecule is CCOC(=O)c1ccc(I)c(-c2cc(F)c(C#N)c(I)c2)c1. The van der Waals surface area contributed by atoms with Gasteiger partial charge < -0.3 is 4.74 Å². The molecule has 0 aliphatic heterocycles. The van der Waals surface area contributed by atoms with Gasteiger partial charge in [-0.25, -0.2) is 9.18 Å². The van der Waals surface area contributed by atoms with Crippen LogP contribution in [0.15, 0.2) is 30.3 Å². The molecule has 0 heterocycles. The Hall–Kier alpha value is -1.21. The summed E-state index contributed by atoms with van der Waals surface area (Å²) in [5.41, 5.74) is 1.79. The Morgan fingerprint density at radius 2 is 2.00 bits per heavy atom. The van der Waals surface area contributed by atoms with Crippen molar-refractivity contribution in [3.63, 3.8) is 0 Å². The van der Waals surface area contributed by atoms with Gasteiger partial charge in [-0.05, 0) is 93.6 Å². The average molecular weight is 521 g/mol. The molecular formula is C16H10FI2NO2. The van der Waals surface area contributed by atoms with Gasteiger partial charge in [0.15, 0.2) is 0 Å². The summed E-state index contributed by atoms with van der Waals surface area (Å²) in [7, 11) is 0. The van der Waals surface area contributed by atoms with Gasteiger partial charge in [0.1, 0.15) is 17.4 Å². The molecule has 0 N–H and O–H groups in total. The first-order valence-electron chi connectivity index (χ1n) is 6.34. The molecule has 3 nitrogen and oxygen atoms in total. The zero-order chi connectivity index (χ0) is 16.3. The van der Waals surface area contributed by atoms with Crippen LogP contribution >= 0.6 is 45.2 Å². The summed E-state index contributed by atoms with van der Waals surface area (Å²) >= 11 is 4.05. The Morgan fingerprint density at radius 1 is 1.27 bits per heavy atom. The van der Waals surface area contributed by atoms with Crippen LogP contribution in [0.3, 0.4) is 0 Å². The number of nitriles is 1. The van der Waals surface area contributed by atoms with Crippen molar-refractivity contribution in [2.75, 3.05) is 6.61 Å². The number of ether oxygens (including phenoxy) is 1. The van der Waals surface area contributed by atoms with Gasteiger partial charge in [-0.2, -0.15) is 5.26 Å². The van der Waals surface area contributed by atoms with Gasteiger partial charge in [-0.15, -0.1) is 0 Å². The molecule has 0 amide bonds. The zero-order valence-electron chi connectivity index (χ0n) is 11.5. The molecule has 2 aromatic rings. The number of hydrogen-bond donors (Lipinski definition) is 0. The predicted molar refractivity (Wildman–Crippen MR) is 97.9 cm³/mol. The normalized spacial score (nSPS) is 10.1. The highest BCUT2D eigenvalue weighted by atomic mass is 127. The summed E-state index contributed by atoms with van der Waals surface area (Å²) in [6.07, 6.45) is 0. The molecule has 0 bridgehead atoms. The fourth-order valence-corrected chi connectivity index (χ4v) is 3.28. The van der Waals surface area contributed by atoms with E-state index >= 15 is 0 Å². The quantitative estimate of drug-likeness (QED) is 0.433. The number of hydrogen-bond acceptors (Lipinski definition) is 3. The average Bonchev–Trinajstić information content (AvgIpc) is 2.47. The Balaban J connectivity index is 2.55. The molecule has 0 fully saturated rings. The van der Waals surface area contributed by atoms with E-state index in [1.807, 2.05) is 28.7 Å². The van der Waals surface area contributed by atoms with E-state index in [0.29, 0.717) is 21.3 Å². The topological polar surface area (TPSA) is 50.1 Å². The van der Waals surface area contributed by atoms with E-state index in [9.17, 15) is 9.18 Å². The largest absolute Gasteiger partial charge is 0.462 e. The highest BCUT2D eigenvalue weighted by Crippen LogP contribution is 2.30. The highest BCUT2D eigenvalue weighted by molar-refractivity contribution is 14.1. The predicted octanol–water partition coefficient (Wildman–Crippen LogP) is 4.75. The second-order valence-electron chi connectivity index (χ2n) is 4.34. The summed E-state index contributed by atoms with van der Waals surface area (Å²) in [5, 5.41) is 8.93. The lowest BCUT2D eigenvalue weighted by Gasteiger charge is -2.09. The van der Waals surface area contributed by atoms with Gasteiger partial charge in [-0.1, -0.05) is 0 Å². The maximum absolute atomic E-state index is 14.0. The number of carbonyl (C=O) groups excluding carboxylic acids is 1. The first kappa shape index (κ1) is 17.1. The lowest BCUT2D eigenvalue weighted by molar-refractivity contribution is 0.0526. The summed E-state index contributed by atoms with van der Waals surface area (Å²) in [4.78, 5) is 11.8. The van der Waals surface area contributed by atoms with Gasteiger partial charge >= 0.3 is 5.97 Å². The van der Waals surface area contributed by atoms with Gasteiger partial charge in [0.25, 0.3) is 0 Å². The minimum absolute atomic E-state index is 0.0286. The number of rotatable bonds is 3. The second-order valence-corrected chi connectivity index (χ2v) is 6.67. The molecule has 0 spiro atoms. The smallest absolute Gasteiger partial charge is 0.338 e. The fraction of sp³-hybridized carbons (Fsp3) is 0.125. The molecule has 112 valence electrons. The third kappa shape index (κ3) is 3.57. The van der Waals surface area contributed by atoms with Crippen molar-refractivity contribution in [3.05, 3.63) is 54.4 Å². The van der Waals surface area contributed by atoms with Crippen LogP contribution in [0.5, 0.6) is 0 Å². The minimum atomic E-state index is -0.568. The lowest BCUT2D eigenvalue weighted by Crippen LogP contribution is -2.05. The van der Waals surface area contributed by atoms with Crippen molar-refractivity contribution in [1.82, 2.24) is 0 Å². The molecule has 0 saturated heterocycles. The van der Waals surface area contributed by atoms with Crippen LogP contribution in [0, 0.1) is 24.3 Å².